The van der Waals surface area contributed by atoms with Crippen LogP contribution in [0.3, 0.4) is 0 Å². The number of hydrogen-bond donors (Lipinski definition) is 2. The van der Waals surface area contributed by atoms with Crippen LogP contribution in [0.4, 0.5) is 4.79 Å². The summed E-state index contributed by atoms with van der Waals surface area (Å²) in [5.74, 6) is 0.675. The molecule has 0 radical (unpaired) electrons. The number of nitrogens with zero attached hydrogens (tertiary/aromatic N) is 1. The largest absolute Gasteiger partial charge is 0.351 e. The molecule has 3 aliphatic rings. The molecular formula is C12H21N3O. The highest BCUT2D eigenvalue weighted by Gasteiger charge is 2.55. The van der Waals surface area contributed by atoms with Gasteiger partial charge >= 0.3 is 6.03 Å². The van der Waals surface area contributed by atoms with Gasteiger partial charge < -0.3 is 16.0 Å². The lowest BCUT2D eigenvalue weighted by molar-refractivity contribution is 0.0783. The number of hydrogen-bond acceptors (Lipinski definition) is 2. The molecule has 90 valence electrons. The summed E-state index contributed by atoms with van der Waals surface area (Å²) in [5.41, 5.74) is 5.60. The molecular weight excluding hydrogens is 202 g/mol. The molecule has 3 fully saturated rings. The van der Waals surface area contributed by atoms with Gasteiger partial charge in [-0.25, -0.2) is 4.79 Å². The van der Waals surface area contributed by atoms with E-state index in [9.17, 15) is 4.79 Å². The molecule has 3 N–H and O–H groups in total. The first-order valence-corrected chi connectivity index (χ1v) is 6.53. The van der Waals surface area contributed by atoms with Crippen LogP contribution >= 0.6 is 0 Å². The summed E-state index contributed by atoms with van der Waals surface area (Å²) in [6, 6.07) is 0.281. The van der Waals surface area contributed by atoms with E-state index in [1.54, 1.807) is 0 Å². The minimum absolute atomic E-state index is 0.0664. The third kappa shape index (κ3) is 1.35. The number of carbonyl (C=O) groups excluding carboxylic acids is 1. The Morgan fingerprint density at radius 3 is 2.69 bits per heavy atom. The maximum Gasteiger partial charge on any atom is 0.315 e. The lowest BCUT2D eigenvalue weighted by Crippen LogP contribution is -2.60. The maximum absolute atomic E-state index is 11.6. The van der Waals surface area contributed by atoms with Crippen LogP contribution in [0.2, 0.25) is 0 Å². The number of piperazine rings is 1. The lowest BCUT2D eigenvalue weighted by Gasteiger charge is -2.45. The van der Waals surface area contributed by atoms with Crippen LogP contribution in [-0.2, 0) is 0 Å². The van der Waals surface area contributed by atoms with Crippen LogP contribution in [0.15, 0.2) is 0 Å². The fourth-order valence-corrected chi connectivity index (χ4v) is 4.11. The van der Waals surface area contributed by atoms with E-state index in [-0.39, 0.29) is 11.6 Å². The highest BCUT2D eigenvalue weighted by Crippen LogP contribution is 2.45. The number of amides is 2. The molecule has 2 unspecified atom stereocenters. The van der Waals surface area contributed by atoms with E-state index in [1.165, 1.54) is 32.1 Å². The summed E-state index contributed by atoms with van der Waals surface area (Å²) in [6.45, 7) is 1.79. The first-order chi connectivity index (χ1) is 7.72. The summed E-state index contributed by atoms with van der Waals surface area (Å²) in [6.07, 6.45) is 7.68. The summed E-state index contributed by atoms with van der Waals surface area (Å²) < 4.78 is 0. The van der Waals surface area contributed by atoms with Crippen LogP contribution < -0.4 is 11.1 Å². The van der Waals surface area contributed by atoms with Crippen LogP contribution in [0.25, 0.3) is 0 Å². The normalized spacial score (nSPS) is 39.2. The van der Waals surface area contributed by atoms with Crippen LogP contribution in [0.1, 0.15) is 38.5 Å². The molecule has 0 aromatic carbocycles. The van der Waals surface area contributed by atoms with Crippen molar-refractivity contribution in [2.45, 2.75) is 50.1 Å². The van der Waals surface area contributed by atoms with E-state index in [4.69, 9.17) is 5.73 Å². The van der Waals surface area contributed by atoms with Gasteiger partial charge in [0.15, 0.2) is 0 Å². The Kier molecular flexibility index (Phi) is 2.35. The molecule has 2 heterocycles. The van der Waals surface area contributed by atoms with E-state index in [2.05, 4.69) is 5.32 Å². The van der Waals surface area contributed by atoms with Crippen molar-refractivity contribution < 1.29 is 4.79 Å². The van der Waals surface area contributed by atoms with Gasteiger partial charge in [-0.05, 0) is 25.2 Å². The summed E-state index contributed by atoms with van der Waals surface area (Å²) in [5, 5.41) is 3.53. The quantitative estimate of drug-likeness (QED) is 0.698. The summed E-state index contributed by atoms with van der Waals surface area (Å²) in [4.78, 5) is 13.5. The monoisotopic (exact) mass is 223 g/mol. The second-order valence-corrected chi connectivity index (χ2v) is 5.67. The zero-order valence-electron chi connectivity index (χ0n) is 9.74. The Morgan fingerprint density at radius 1 is 1.31 bits per heavy atom. The van der Waals surface area contributed by atoms with Gasteiger partial charge in [0.25, 0.3) is 0 Å². The van der Waals surface area contributed by atoms with Crippen molar-refractivity contribution in [1.29, 1.82) is 0 Å². The van der Waals surface area contributed by atoms with Crippen LogP contribution in [0.5, 0.6) is 0 Å². The van der Waals surface area contributed by atoms with Crippen molar-refractivity contribution >= 4 is 6.03 Å². The van der Waals surface area contributed by atoms with Crippen LogP contribution in [0, 0.1) is 5.92 Å². The molecule has 0 aromatic rings. The molecule has 1 aliphatic carbocycles. The minimum atomic E-state index is -0.213. The highest BCUT2D eigenvalue weighted by atomic mass is 16.2. The van der Waals surface area contributed by atoms with Gasteiger partial charge in [-0.2, -0.15) is 0 Å². The molecule has 4 nitrogen and oxygen atoms in total. The molecule has 1 saturated carbocycles. The SMILES string of the molecule is NC(=O)N1CC2CC1(C1CCCCC1)CN2. The van der Waals surface area contributed by atoms with Crippen molar-refractivity contribution in [3.8, 4) is 0 Å². The predicted octanol–water partition coefficient (Wildman–Crippen LogP) is 1.06. The molecule has 0 aromatic heterocycles. The molecule has 2 amide bonds. The van der Waals surface area contributed by atoms with Gasteiger partial charge in [-0.3, -0.25) is 0 Å². The van der Waals surface area contributed by atoms with E-state index in [0.717, 1.165) is 19.5 Å². The predicted molar refractivity (Wildman–Crippen MR) is 62.0 cm³/mol. The van der Waals surface area contributed by atoms with Gasteiger partial charge in [-0.1, -0.05) is 19.3 Å². The first kappa shape index (κ1) is 10.4. The van der Waals surface area contributed by atoms with E-state index in [1.807, 2.05) is 4.90 Å². The Morgan fingerprint density at radius 2 is 2.06 bits per heavy atom. The lowest BCUT2D eigenvalue weighted by atomic mass is 9.74. The number of primary amides is 1. The standard InChI is InChI=1S/C12H21N3O/c13-11(16)15-7-10-6-12(15,8-14-10)9-4-2-1-3-5-9/h9-10,14H,1-8H2,(H2,13,16). The molecule has 2 aliphatic heterocycles. The Bertz CT molecular complexity index is 301. The molecule has 4 heteroatoms. The van der Waals surface area contributed by atoms with Gasteiger partial charge in [0.2, 0.25) is 0 Å². The van der Waals surface area contributed by atoms with Crippen molar-refractivity contribution in [1.82, 2.24) is 10.2 Å². The third-order valence-electron chi connectivity index (χ3n) is 4.87. The first-order valence-electron chi connectivity index (χ1n) is 6.53. The number of nitrogens with two attached hydrogens (primary N) is 1. The minimum Gasteiger partial charge on any atom is -0.351 e. The fourth-order valence-electron chi connectivity index (χ4n) is 4.11. The summed E-state index contributed by atoms with van der Waals surface area (Å²) >= 11 is 0. The van der Waals surface area contributed by atoms with Crippen LogP contribution in [-0.4, -0.2) is 35.6 Å². The average Bonchev–Trinajstić information content (AvgIpc) is 2.89. The third-order valence-corrected chi connectivity index (χ3v) is 4.87. The Hall–Kier alpha value is -0.770. The fraction of sp³-hybridized carbons (Fsp3) is 0.917. The molecule has 2 atom stereocenters. The zero-order chi connectivity index (χ0) is 11.2. The van der Waals surface area contributed by atoms with Gasteiger partial charge in [0.1, 0.15) is 0 Å². The number of rotatable bonds is 1. The van der Waals surface area contributed by atoms with E-state index >= 15 is 0 Å². The van der Waals surface area contributed by atoms with E-state index in [0.29, 0.717) is 12.0 Å². The number of nitrogens with one attached hydrogen (secondary N) is 1. The number of likely N-dealkylation sites (tertiary alicyclic amines) is 1. The topological polar surface area (TPSA) is 58.4 Å². The maximum atomic E-state index is 11.6. The van der Waals surface area contributed by atoms with E-state index < -0.39 is 0 Å². The van der Waals surface area contributed by atoms with Gasteiger partial charge in [0, 0.05) is 19.1 Å². The van der Waals surface area contributed by atoms with Gasteiger partial charge in [0.05, 0.1) is 5.54 Å². The number of carbonyl (C=O) groups is 1. The second kappa shape index (κ2) is 3.62. The van der Waals surface area contributed by atoms with Crippen molar-refractivity contribution in [3.63, 3.8) is 0 Å². The molecule has 2 saturated heterocycles. The van der Waals surface area contributed by atoms with Gasteiger partial charge in [-0.15, -0.1) is 0 Å². The number of fused-ring (bicyclic) bond motifs is 2. The molecule has 2 bridgehead atoms. The highest BCUT2D eigenvalue weighted by molar-refractivity contribution is 5.74. The molecule has 3 rings (SSSR count). The smallest absolute Gasteiger partial charge is 0.315 e. The Labute approximate surface area is 96.5 Å². The van der Waals surface area contributed by atoms with Crippen molar-refractivity contribution in [2.24, 2.45) is 11.7 Å². The van der Waals surface area contributed by atoms with Crippen molar-refractivity contribution in [3.05, 3.63) is 0 Å². The summed E-state index contributed by atoms with van der Waals surface area (Å²) in [7, 11) is 0. The second-order valence-electron chi connectivity index (χ2n) is 5.67. The number of urea groups is 1. The Balaban J connectivity index is 1.85. The molecule has 0 spiro atoms. The van der Waals surface area contributed by atoms with Crippen molar-refractivity contribution in [2.75, 3.05) is 13.1 Å². The zero-order valence-corrected chi connectivity index (χ0v) is 9.74. The average molecular weight is 223 g/mol. The molecule has 16 heavy (non-hydrogen) atoms.